The minimum absolute atomic E-state index is 0.550. The van der Waals surface area contributed by atoms with Gasteiger partial charge in [-0.3, -0.25) is 5.10 Å². The molecule has 0 saturated heterocycles. The first kappa shape index (κ1) is 16.4. The average molecular weight is 395 g/mol. The fourth-order valence-electron chi connectivity index (χ4n) is 3.26. The van der Waals surface area contributed by atoms with Gasteiger partial charge in [0.05, 0.1) is 17.6 Å². The van der Waals surface area contributed by atoms with Gasteiger partial charge in [0.1, 0.15) is 5.01 Å². The zero-order valence-electron chi connectivity index (χ0n) is 14.7. The van der Waals surface area contributed by atoms with Crippen molar-refractivity contribution in [3.05, 3.63) is 64.1 Å². The van der Waals surface area contributed by atoms with Crippen LogP contribution >= 0.6 is 22.9 Å². The SMILES string of the molecule is Cc1ccc(-c2nn3c(Cc4[nH]nc5ccc(Cl)cc45)nnc3s2)c(C)c1. The fraction of sp³-hybridized carbons (Fsp3) is 0.158. The van der Waals surface area contributed by atoms with E-state index >= 15 is 0 Å². The fourth-order valence-corrected chi connectivity index (χ4v) is 4.38. The first-order valence-corrected chi connectivity index (χ1v) is 9.69. The Bertz CT molecular complexity index is 1300. The Labute approximate surface area is 163 Å². The Morgan fingerprint density at radius 1 is 1.11 bits per heavy atom. The molecule has 5 aromatic rings. The number of nitrogens with zero attached hydrogens (tertiary/aromatic N) is 5. The van der Waals surface area contributed by atoms with Gasteiger partial charge in [-0.2, -0.15) is 14.7 Å². The van der Waals surface area contributed by atoms with Crippen molar-refractivity contribution in [3.63, 3.8) is 0 Å². The van der Waals surface area contributed by atoms with Crippen molar-refractivity contribution in [1.82, 2.24) is 30.0 Å². The zero-order chi connectivity index (χ0) is 18.5. The number of aromatic nitrogens is 6. The molecule has 5 rings (SSSR count). The maximum absolute atomic E-state index is 6.14. The predicted octanol–water partition coefficient (Wildman–Crippen LogP) is 4.59. The number of benzene rings is 2. The van der Waals surface area contributed by atoms with E-state index in [1.165, 1.54) is 11.1 Å². The van der Waals surface area contributed by atoms with Crippen LogP contribution in [0.1, 0.15) is 22.6 Å². The third-order valence-electron chi connectivity index (χ3n) is 4.60. The molecule has 0 unspecified atom stereocenters. The van der Waals surface area contributed by atoms with Crippen LogP contribution in [0.4, 0.5) is 0 Å². The normalized spacial score (nSPS) is 11.7. The number of H-pyrrole nitrogens is 1. The van der Waals surface area contributed by atoms with Crippen LogP contribution in [0.2, 0.25) is 5.02 Å². The van der Waals surface area contributed by atoms with Gasteiger partial charge in [-0.15, -0.1) is 10.2 Å². The second-order valence-electron chi connectivity index (χ2n) is 6.58. The lowest BCUT2D eigenvalue weighted by molar-refractivity contribution is 0.838. The standard InChI is InChI=1S/C19H15ClN6S/c1-10-3-5-13(11(2)7-10)18-25-26-17(23-24-19(26)27-18)9-16-14-8-12(20)4-6-15(14)21-22-16/h3-8H,9H2,1-2H3,(H,21,22). The van der Waals surface area contributed by atoms with Crippen molar-refractivity contribution < 1.29 is 0 Å². The number of aryl methyl sites for hydroxylation is 2. The number of aromatic amines is 1. The molecule has 2 aromatic carbocycles. The van der Waals surface area contributed by atoms with Gasteiger partial charge in [0.15, 0.2) is 5.82 Å². The third kappa shape index (κ3) is 2.79. The van der Waals surface area contributed by atoms with E-state index in [1.54, 1.807) is 11.3 Å². The van der Waals surface area contributed by atoms with Crippen molar-refractivity contribution in [2.24, 2.45) is 0 Å². The number of fused-ring (bicyclic) bond motifs is 2. The largest absolute Gasteiger partial charge is 0.281 e. The summed E-state index contributed by atoms with van der Waals surface area (Å²) in [6.07, 6.45) is 0.550. The van der Waals surface area contributed by atoms with E-state index in [0.29, 0.717) is 11.4 Å². The smallest absolute Gasteiger partial charge is 0.234 e. The highest BCUT2D eigenvalue weighted by atomic mass is 35.5. The monoisotopic (exact) mass is 394 g/mol. The van der Waals surface area contributed by atoms with E-state index in [1.807, 2.05) is 22.7 Å². The molecule has 3 heterocycles. The number of rotatable bonds is 3. The minimum Gasteiger partial charge on any atom is -0.281 e. The highest BCUT2D eigenvalue weighted by Crippen LogP contribution is 2.29. The molecule has 0 radical (unpaired) electrons. The minimum atomic E-state index is 0.550. The molecule has 6 nitrogen and oxygen atoms in total. The third-order valence-corrected chi connectivity index (χ3v) is 5.76. The molecule has 0 spiro atoms. The van der Waals surface area contributed by atoms with E-state index in [2.05, 4.69) is 52.4 Å². The first-order chi connectivity index (χ1) is 13.1. The molecule has 3 aromatic heterocycles. The predicted molar refractivity (Wildman–Crippen MR) is 107 cm³/mol. The van der Waals surface area contributed by atoms with Crippen LogP contribution in [-0.4, -0.2) is 30.0 Å². The number of hydrogen-bond donors (Lipinski definition) is 1. The second-order valence-corrected chi connectivity index (χ2v) is 7.97. The Morgan fingerprint density at radius 2 is 2.00 bits per heavy atom. The summed E-state index contributed by atoms with van der Waals surface area (Å²) >= 11 is 7.68. The van der Waals surface area contributed by atoms with Crippen molar-refractivity contribution >= 4 is 38.8 Å². The lowest BCUT2D eigenvalue weighted by atomic mass is 10.1. The van der Waals surface area contributed by atoms with Gasteiger partial charge in [0, 0.05) is 16.0 Å². The van der Waals surface area contributed by atoms with Crippen LogP contribution in [0.3, 0.4) is 0 Å². The van der Waals surface area contributed by atoms with Gasteiger partial charge in [0.2, 0.25) is 4.96 Å². The van der Waals surface area contributed by atoms with Crippen LogP contribution in [0, 0.1) is 13.8 Å². The Kier molecular flexibility index (Phi) is 3.73. The van der Waals surface area contributed by atoms with Crippen LogP contribution in [0.5, 0.6) is 0 Å². The molecule has 0 aliphatic carbocycles. The molecule has 0 amide bonds. The van der Waals surface area contributed by atoms with E-state index < -0.39 is 0 Å². The van der Waals surface area contributed by atoms with Gasteiger partial charge in [-0.1, -0.05) is 46.7 Å². The molecule has 0 atom stereocenters. The quantitative estimate of drug-likeness (QED) is 0.485. The van der Waals surface area contributed by atoms with Crippen LogP contribution in [0.15, 0.2) is 36.4 Å². The second kappa shape index (κ2) is 6.14. The summed E-state index contributed by atoms with van der Waals surface area (Å²) in [6.45, 7) is 4.20. The van der Waals surface area contributed by atoms with E-state index in [0.717, 1.165) is 38.0 Å². The maximum Gasteiger partial charge on any atom is 0.234 e. The highest BCUT2D eigenvalue weighted by molar-refractivity contribution is 7.19. The Morgan fingerprint density at radius 3 is 2.85 bits per heavy atom. The van der Waals surface area contributed by atoms with Crippen LogP contribution < -0.4 is 0 Å². The van der Waals surface area contributed by atoms with E-state index in [-0.39, 0.29) is 0 Å². The Hall–Kier alpha value is -2.77. The van der Waals surface area contributed by atoms with Gasteiger partial charge in [0.25, 0.3) is 0 Å². The van der Waals surface area contributed by atoms with Gasteiger partial charge in [-0.25, -0.2) is 0 Å². The zero-order valence-corrected chi connectivity index (χ0v) is 16.3. The van der Waals surface area contributed by atoms with Crippen LogP contribution in [-0.2, 0) is 6.42 Å². The molecule has 0 aliphatic rings. The van der Waals surface area contributed by atoms with Crippen molar-refractivity contribution in [3.8, 4) is 10.6 Å². The molecule has 1 N–H and O–H groups in total. The maximum atomic E-state index is 6.14. The summed E-state index contributed by atoms with van der Waals surface area (Å²) in [5, 5.41) is 23.4. The lowest BCUT2D eigenvalue weighted by Crippen LogP contribution is -1.99. The number of hydrogen-bond acceptors (Lipinski definition) is 5. The van der Waals surface area contributed by atoms with Crippen molar-refractivity contribution in [2.75, 3.05) is 0 Å². The summed E-state index contributed by atoms with van der Waals surface area (Å²) in [7, 11) is 0. The Balaban J connectivity index is 1.56. The molecular formula is C19H15ClN6S. The summed E-state index contributed by atoms with van der Waals surface area (Å²) in [5.41, 5.74) is 5.40. The molecule has 0 saturated carbocycles. The lowest BCUT2D eigenvalue weighted by Gasteiger charge is -2.02. The molecule has 8 heteroatoms. The van der Waals surface area contributed by atoms with Gasteiger partial charge >= 0.3 is 0 Å². The van der Waals surface area contributed by atoms with E-state index in [9.17, 15) is 0 Å². The molecule has 27 heavy (non-hydrogen) atoms. The summed E-state index contributed by atoms with van der Waals surface area (Å²) in [5.74, 6) is 0.766. The molecule has 0 bridgehead atoms. The number of halogens is 1. The molecular weight excluding hydrogens is 380 g/mol. The summed E-state index contributed by atoms with van der Waals surface area (Å²) in [6, 6.07) is 12.0. The highest BCUT2D eigenvalue weighted by Gasteiger charge is 2.16. The van der Waals surface area contributed by atoms with Crippen LogP contribution in [0.25, 0.3) is 26.4 Å². The van der Waals surface area contributed by atoms with Crippen molar-refractivity contribution in [2.45, 2.75) is 20.3 Å². The van der Waals surface area contributed by atoms with Crippen molar-refractivity contribution in [1.29, 1.82) is 0 Å². The van der Waals surface area contributed by atoms with Gasteiger partial charge in [-0.05, 0) is 37.6 Å². The summed E-state index contributed by atoms with van der Waals surface area (Å²) < 4.78 is 1.82. The van der Waals surface area contributed by atoms with E-state index in [4.69, 9.17) is 16.7 Å². The van der Waals surface area contributed by atoms with Gasteiger partial charge < -0.3 is 0 Å². The molecule has 0 aliphatic heterocycles. The number of nitrogens with one attached hydrogen (secondary N) is 1. The molecule has 0 fully saturated rings. The average Bonchev–Trinajstić information content (AvgIpc) is 3.31. The molecule has 134 valence electrons. The first-order valence-electron chi connectivity index (χ1n) is 8.50. The summed E-state index contributed by atoms with van der Waals surface area (Å²) in [4.78, 5) is 0.779. The topological polar surface area (TPSA) is 71.8 Å².